The molecule has 1 atom stereocenters. The summed E-state index contributed by atoms with van der Waals surface area (Å²) in [6, 6.07) is 0.486. The minimum absolute atomic E-state index is 0.00334. The van der Waals surface area contributed by atoms with Gasteiger partial charge in [0.2, 0.25) is 0 Å². The van der Waals surface area contributed by atoms with Crippen molar-refractivity contribution in [2.45, 2.75) is 151 Å². The maximum Gasteiger partial charge on any atom is 0.355 e. The van der Waals surface area contributed by atoms with Crippen LogP contribution in [-0.4, -0.2) is 103 Å². The fourth-order valence-electron chi connectivity index (χ4n) is 7.71. The van der Waals surface area contributed by atoms with Gasteiger partial charge < -0.3 is 38.1 Å². The first-order valence-electron chi connectivity index (χ1n) is 19.0. The van der Waals surface area contributed by atoms with Crippen LogP contribution in [0.2, 0.25) is 13.1 Å². The van der Waals surface area contributed by atoms with Crippen molar-refractivity contribution in [1.29, 1.82) is 0 Å². The van der Waals surface area contributed by atoms with Crippen LogP contribution in [0.4, 0.5) is 9.59 Å². The molecule has 0 heterocycles. The Morgan fingerprint density at radius 2 is 1.09 bits per heavy atom. The van der Waals surface area contributed by atoms with E-state index < -0.39 is 17.1 Å². The molecule has 2 fully saturated rings. The monoisotopic (exact) mass is 700 g/mol. The van der Waals surface area contributed by atoms with Gasteiger partial charge in [-0.05, 0) is 90.6 Å². The minimum Gasteiger partial charge on any atom is -0.394 e. The van der Waals surface area contributed by atoms with Crippen LogP contribution in [0.1, 0.15) is 126 Å². The lowest BCUT2D eigenvalue weighted by Gasteiger charge is -2.39. The molecule has 0 saturated heterocycles. The molecule has 2 N–H and O–H groups in total. The SMILES string of the molecule is CCO[Si](C)(CN(C(=O)NCCC(C)(C)CC(C)CNC(=O)N(C[Si](C)(OCC)OCC)C1CCCCC1)C1CCCCC1)OCC. The van der Waals surface area contributed by atoms with E-state index in [2.05, 4.69) is 44.5 Å². The molecule has 0 aromatic carbocycles. The Morgan fingerprint density at radius 1 is 0.702 bits per heavy atom. The third kappa shape index (κ3) is 15.1. The first-order chi connectivity index (χ1) is 22.3. The summed E-state index contributed by atoms with van der Waals surface area (Å²) < 4.78 is 24.5. The molecule has 0 aromatic heterocycles. The Hall–Kier alpha value is -1.19. The molecule has 1 unspecified atom stereocenters. The molecular weight excluding hydrogens is 629 g/mol. The first-order valence-corrected chi connectivity index (χ1v) is 24.0. The molecule has 2 aliphatic carbocycles. The van der Waals surface area contributed by atoms with E-state index in [0.717, 1.165) is 64.2 Å². The zero-order valence-corrected chi connectivity index (χ0v) is 33.7. The van der Waals surface area contributed by atoms with Crippen LogP contribution in [0.3, 0.4) is 0 Å². The molecular formula is C35H72N4O6Si2. The van der Waals surface area contributed by atoms with E-state index in [9.17, 15) is 9.59 Å². The van der Waals surface area contributed by atoms with Crippen LogP contribution in [0.5, 0.6) is 0 Å². The Balaban J connectivity index is 1.95. The predicted molar refractivity (Wildman–Crippen MR) is 196 cm³/mol. The molecule has 0 aromatic rings. The molecule has 12 heteroatoms. The van der Waals surface area contributed by atoms with Crippen LogP contribution in [0.25, 0.3) is 0 Å². The third-order valence-corrected chi connectivity index (χ3v) is 15.3. The van der Waals surface area contributed by atoms with Crippen LogP contribution < -0.4 is 10.6 Å². The van der Waals surface area contributed by atoms with Crippen LogP contribution in [0.15, 0.2) is 0 Å². The van der Waals surface area contributed by atoms with Gasteiger partial charge in [-0.1, -0.05) is 59.3 Å². The van der Waals surface area contributed by atoms with Crippen molar-refractivity contribution in [2.75, 3.05) is 51.9 Å². The van der Waals surface area contributed by atoms with E-state index >= 15 is 0 Å². The highest BCUT2D eigenvalue weighted by Gasteiger charge is 2.40. The number of nitrogens with one attached hydrogen (secondary N) is 2. The highest BCUT2D eigenvalue weighted by molar-refractivity contribution is 6.66. The Morgan fingerprint density at radius 3 is 1.47 bits per heavy atom. The highest BCUT2D eigenvalue weighted by Crippen LogP contribution is 2.30. The van der Waals surface area contributed by atoms with Crippen molar-refractivity contribution >= 4 is 29.2 Å². The highest BCUT2D eigenvalue weighted by atomic mass is 28.4. The van der Waals surface area contributed by atoms with Crippen LogP contribution in [0, 0.1) is 11.3 Å². The molecule has 0 radical (unpaired) electrons. The summed E-state index contributed by atoms with van der Waals surface area (Å²) in [6.07, 6.45) is 14.2. The number of rotatable bonds is 21. The van der Waals surface area contributed by atoms with Crippen molar-refractivity contribution in [1.82, 2.24) is 20.4 Å². The number of carbonyl (C=O) groups is 2. The van der Waals surface area contributed by atoms with Gasteiger partial charge >= 0.3 is 29.2 Å². The zero-order chi connectivity index (χ0) is 34.9. The van der Waals surface area contributed by atoms with Crippen LogP contribution >= 0.6 is 0 Å². The van der Waals surface area contributed by atoms with Crippen molar-refractivity contribution < 1.29 is 27.3 Å². The van der Waals surface area contributed by atoms with Gasteiger partial charge in [0.15, 0.2) is 0 Å². The van der Waals surface area contributed by atoms with E-state index in [1.54, 1.807) is 0 Å². The summed E-state index contributed by atoms with van der Waals surface area (Å²) in [4.78, 5) is 31.4. The second-order valence-electron chi connectivity index (χ2n) is 15.0. The van der Waals surface area contributed by atoms with Crippen molar-refractivity contribution in [3.05, 3.63) is 0 Å². The lowest BCUT2D eigenvalue weighted by molar-refractivity contribution is 0.133. The Labute approximate surface area is 290 Å². The second kappa shape index (κ2) is 21.1. The molecule has 276 valence electrons. The number of carbonyl (C=O) groups excluding carboxylic acids is 2. The summed E-state index contributed by atoms with van der Waals surface area (Å²) in [5, 5.41) is 6.54. The van der Waals surface area contributed by atoms with Crippen molar-refractivity contribution in [2.24, 2.45) is 11.3 Å². The van der Waals surface area contributed by atoms with E-state index in [-0.39, 0.29) is 29.6 Å². The van der Waals surface area contributed by atoms with E-state index in [1.807, 2.05) is 37.5 Å². The summed E-state index contributed by atoms with van der Waals surface area (Å²) >= 11 is 0. The van der Waals surface area contributed by atoms with E-state index in [4.69, 9.17) is 17.7 Å². The molecule has 10 nitrogen and oxygen atoms in total. The number of nitrogens with zero attached hydrogens (tertiary/aromatic N) is 2. The van der Waals surface area contributed by atoms with Crippen LogP contribution in [-0.2, 0) is 17.7 Å². The average molecular weight is 701 g/mol. The van der Waals surface area contributed by atoms with Gasteiger partial charge in [-0.25, -0.2) is 9.59 Å². The van der Waals surface area contributed by atoms with Gasteiger partial charge in [-0.2, -0.15) is 0 Å². The normalized spacial score (nSPS) is 17.7. The smallest absolute Gasteiger partial charge is 0.355 e. The molecule has 2 aliphatic rings. The maximum atomic E-state index is 13.7. The number of urea groups is 2. The lowest BCUT2D eigenvalue weighted by Crippen LogP contribution is -2.58. The fraction of sp³-hybridized carbons (Fsp3) is 0.943. The average Bonchev–Trinajstić information content (AvgIpc) is 3.02. The number of hydrogen-bond donors (Lipinski definition) is 2. The minimum atomic E-state index is -2.50. The van der Waals surface area contributed by atoms with Gasteiger partial charge in [0.25, 0.3) is 0 Å². The summed E-state index contributed by atoms with van der Waals surface area (Å²) in [5.41, 5.74) is 0.00543. The van der Waals surface area contributed by atoms with E-state index in [0.29, 0.717) is 57.8 Å². The molecule has 0 aliphatic heterocycles. The number of hydrogen-bond acceptors (Lipinski definition) is 6. The van der Waals surface area contributed by atoms with Crippen molar-refractivity contribution in [3.63, 3.8) is 0 Å². The standard InChI is InChI=1S/C35H72N4O6Si2/c1-10-42-46(8,43-11-2)28-38(31-20-16-14-17-21-31)33(40)36-25-24-35(6,7)26-30(5)27-37-34(41)39(32-22-18-15-19-23-32)29-47(9,44-12-3)45-13-4/h30-32H,10-29H2,1-9H3,(H,36,40)(H,37,41). The molecule has 47 heavy (non-hydrogen) atoms. The Kier molecular flexibility index (Phi) is 18.9. The summed E-state index contributed by atoms with van der Waals surface area (Å²) in [6.45, 7) is 22.5. The molecule has 0 spiro atoms. The molecule has 4 amide bonds. The summed E-state index contributed by atoms with van der Waals surface area (Å²) in [5.74, 6) is 0.295. The number of amides is 4. The molecule has 2 rings (SSSR count). The van der Waals surface area contributed by atoms with Crippen molar-refractivity contribution in [3.8, 4) is 0 Å². The van der Waals surface area contributed by atoms with Gasteiger partial charge in [0.1, 0.15) is 0 Å². The van der Waals surface area contributed by atoms with Gasteiger partial charge in [0, 0.05) is 51.6 Å². The lowest BCUT2D eigenvalue weighted by atomic mass is 9.80. The van der Waals surface area contributed by atoms with Gasteiger partial charge in [-0.3, -0.25) is 0 Å². The molecule has 2 saturated carbocycles. The molecule has 0 bridgehead atoms. The van der Waals surface area contributed by atoms with Gasteiger partial charge in [0.05, 0.1) is 12.3 Å². The fourth-order valence-corrected chi connectivity index (χ4v) is 12.7. The Bertz CT molecular complexity index is 889. The summed E-state index contributed by atoms with van der Waals surface area (Å²) in [7, 11) is -5.01. The maximum absolute atomic E-state index is 13.7. The van der Waals surface area contributed by atoms with Gasteiger partial charge in [-0.15, -0.1) is 0 Å². The van der Waals surface area contributed by atoms with E-state index in [1.165, 1.54) is 12.8 Å². The topological polar surface area (TPSA) is 102 Å². The predicted octanol–water partition coefficient (Wildman–Crippen LogP) is 7.49. The largest absolute Gasteiger partial charge is 0.394 e. The zero-order valence-electron chi connectivity index (χ0n) is 31.7. The first kappa shape index (κ1) is 42.0. The second-order valence-corrected chi connectivity index (χ2v) is 21.3. The quantitative estimate of drug-likeness (QED) is 0.120. The third-order valence-electron chi connectivity index (χ3n) is 9.85.